The van der Waals surface area contributed by atoms with Gasteiger partial charge in [-0.3, -0.25) is 4.79 Å². The van der Waals surface area contributed by atoms with Gasteiger partial charge in [0.25, 0.3) is 0 Å². The van der Waals surface area contributed by atoms with Gasteiger partial charge in [-0.2, -0.15) is 0 Å². The second kappa shape index (κ2) is 13.2. The highest BCUT2D eigenvalue weighted by atomic mass is 16.5. The van der Waals surface area contributed by atoms with Crippen LogP contribution in [0.2, 0.25) is 0 Å². The summed E-state index contributed by atoms with van der Waals surface area (Å²) < 4.78 is 5.64. The summed E-state index contributed by atoms with van der Waals surface area (Å²) in [6.45, 7) is 2.17. The van der Waals surface area contributed by atoms with E-state index < -0.39 is 30.1 Å². The summed E-state index contributed by atoms with van der Waals surface area (Å²) in [4.78, 5) is 40.9. The topological polar surface area (TPSA) is 87.7 Å². The third-order valence-corrected chi connectivity index (χ3v) is 6.45. The fourth-order valence-electron chi connectivity index (χ4n) is 4.44. The summed E-state index contributed by atoms with van der Waals surface area (Å²) in [7, 11) is 0. The molecule has 3 atom stereocenters. The van der Waals surface area contributed by atoms with E-state index in [1.54, 1.807) is 17.0 Å². The van der Waals surface area contributed by atoms with Crippen LogP contribution in [0.25, 0.3) is 6.08 Å². The number of hydrogen-bond donors (Lipinski definition) is 2. The van der Waals surface area contributed by atoms with Gasteiger partial charge >= 0.3 is 12.0 Å². The zero-order chi connectivity index (χ0) is 26.7. The highest BCUT2D eigenvalue weighted by Crippen LogP contribution is 2.29. The molecule has 1 saturated heterocycles. The van der Waals surface area contributed by atoms with Crippen molar-refractivity contribution in [2.45, 2.75) is 50.9 Å². The van der Waals surface area contributed by atoms with E-state index in [2.05, 4.69) is 10.6 Å². The highest BCUT2D eigenvalue weighted by molar-refractivity contribution is 5.99. The predicted molar refractivity (Wildman–Crippen MR) is 148 cm³/mol. The number of carbonyl (C=O) groups excluding carboxylic acids is 3. The maximum absolute atomic E-state index is 13.4. The molecule has 7 heteroatoms. The van der Waals surface area contributed by atoms with Crippen LogP contribution < -0.4 is 10.6 Å². The average molecular weight is 512 g/mol. The number of ether oxygens (including phenoxy) is 1. The summed E-state index contributed by atoms with van der Waals surface area (Å²) in [5, 5.41) is 5.55. The largest absolute Gasteiger partial charge is 0.459 e. The number of esters is 1. The number of carbonyl (C=O) groups is 3. The zero-order valence-corrected chi connectivity index (χ0v) is 21.5. The van der Waals surface area contributed by atoms with Gasteiger partial charge in [0.15, 0.2) is 0 Å². The lowest BCUT2D eigenvalue weighted by atomic mass is 9.89. The quantitative estimate of drug-likeness (QED) is 0.266. The highest BCUT2D eigenvalue weighted by Gasteiger charge is 2.51. The lowest BCUT2D eigenvalue weighted by molar-refractivity contribution is -0.167. The van der Waals surface area contributed by atoms with Crippen LogP contribution >= 0.6 is 0 Å². The molecule has 0 aromatic heterocycles. The average Bonchev–Trinajstić information content (AvgIpc) is 2.95. The normalized spacial score (nSPS) is 17.5. The maximum atomic E-state index is 13.4. The third kappa shape index (κ3) is 6.88. The molecule has 1 aliphatic heterocycles. The fraction of sp³-hybridized carbons (Fsp3) is 0.258. The van der Waals surface area contributed by atoms with Gasteiger partial charge in [-0.05, 0) is 29.7 Å². The van der Waals surface area contributed by atoms with Crippen molar-refractivity contribution < 1.29 is 19.1 Å². The van der Waals surface area contributed by atoms with Crippen LogP contribution in [0.4, 0.5) is 10.5 Å². The zero-order valence-electron chi connectivity index (χ0n) is 21.5. The molecule has 0 spiro atoms. The molecular weight excluding hydrogens is 478 g/mol. The Morgan fingerprint density at radius 3 is 2.24 bits per heavy atom. The molecule has 2 N–H and O–H groups in total. The minimum atomic E-state index is -0.801. The van der Waals surface area contributed by atoms with Crippen LogP contribution in [0.5, 0.6) is 0 Å². The Labute approximate surface area is 223 Å². The second-order valence-electron chi connectivity index (χ2n) is 9.20. The van der Waals surface area contributed by atoms with Crippen LogP contribution in [-0.4, -0.2) is 40.9 Å². The number of unbranched alkanes of at least 4 members (excludes halogenated alkanes) is 1. The first-order chi connectivity index (χ1) is 18.6. The molecule has 3 aromatic carbocycles. The van der Waals surface area contributed by atoms with Crippen LogP contribution in [0, 0.1) is 0 Å². The van der Waals surface area contributed by atoms with E-state index in [1.165, 1.54) is 0 Å². The Hall–Kier alpha value is -4.39. The summed E-state index contributed by atoms with van der Waals surface area (Å²) in [5.74, 6) is -0.755. The van der Waals surface area contributed by atoms with Gasteiger partial charge in [0.2, 0.25) is 5.91 Å². The van der Waals surface area contributed by atoms with Crippen LogP contribution in [0.15, 0.2) is 97.1 Å². The number of nitrogens with one attached hydrogen (secondary N) is 2. The minimum absolute atomic E-state index is 0.135. The molecule has 1 heterocycles. The Morgan fingerprint density at radius 2 is 1.58 bits per heavy atom. The maximum Gasteiger partial charge on any atom is 0.329 e. The molecule has 0 saturated carbocycles. The van der Waals surface area contributed by atoms with Gasteiger partial charge in [0, 0.05) is 5.69 Å². The number of para-hydroxylation sites is 1. The van der Waals surface area contributed by atoms with E-state index in [0.717, 1.165) is 24.0 Å². The van der Waals surface area contributed by atoms with E-state index >= 15 is 0 Å². The van der Waals surface area contributed by atoms with Gasteiger partial charge in [-0.1, -0.05) is 111 Å². The van der Waals surface area contributed by atoms with E-state index in [9.17, 15) is 14.4 Å². The molecule has 3 aromatic rings. The van der Waals surface area contributed by atoms with Crippen molar-refractivity contribution in [2.24, 2.45) is 0 Å². The number of likely N-dealkylation sites (tertiary alicyclic amines) is 1. The van der Waals surface area contributed by atoms with Crippen molar-refractivity contribution >= 4 is 29.7 Å². The number of hydrogen-bond acceptors (Lipinski definition) is 4. The molecule has 3 unspecified atom stereocenters. The van der Waals surface area contributed by atoms with Gasteiger partial charge in [-0.25, -0.2) is 9.59 Å². The molecule has 1 aliphatic rings. The smallest absolute Gasteiger partial charge is 0.329 e. The summed E-state index contributed by atoms with van der Waals surface area (Å²) in [6, 6.07) is 25.6. The van der Waals surface area contributed by atoms with Crippen LogP contribution in [-0.2, 0) is 20.9 Å². The van der Waals surface area contributed by atoms with Crippen molar-refractivity contribution in [3.8, 4) is 0 Å². The number of β-lactam (4-membered cyclic amide) rings is 1. The lowest BCUT2D eigenvalue weighted by Crippen LogP contribution is -2.73. The SMILES string of the molecule is CCCCC(C(=O)OCc1ccccc1)N1C(=O)C(NC(=O)Nc2ccccc2)C1C=Cc1ccccc1. The molecule has 196 valence electrons. The molecule has 7 nitrogen and oxygen atoms in total. The van der Waals surface area contributed by atoms with Gasteiger partial charge in [0.05, 0.1) is 6.04 Å². The predicted octanol–water partition coefficient (Wildman–Crippen LogP) is 5.40. The molecule has 38 heavy (non-hydrogen) atoms. The molecule has 0 bridgehead atoms. The van der Waals surface area contributed by atoms with E-state index in [1.807, 2.05) is 97.9 Å². The van der Waals surface area contributed by atoms with E-state index in [4.69, 9.17) is 4.74 Å². The Morgan fingerprint density at radius 1 is 0.947 bits per heavy atom. The Kier molecular flexibility index (Phi) is 9.29. The molecule has 3 amide bonds. The van der Waals surface area contributed by atoms with Crippen molar-refractivity contribution in [1.29, 1.82) is 0 Å². The summed E-state index contributed by atoms with van der Waals surface area (Å²) in [5.41, 5.74) is 2.45. The van der Waals surface area contributed by atoms with Gasteiger partial charge in [0.1, 0.15) is 18.7 Å². The molecule has 1 fully saturated rings. The Balaban J connectivity index is 1.52. The van der Waals surface area contributed by atoms with E-state index in [-0.39, 0.29) is 12.5 Å². The summed E-state index contributed by atoms with van der Waals surface area (Å²) >= 11 is 0. The first kappa shape index (κ1) is 26.7. The van der Waals surface area contributed by atoms with Crippen molar-refractivity contribution in [1.82, 2.24) is 10.2 Å². The molecule has 0 aliphatic carbocycles. The fourth-order valence-corrected chi connectivity index (χ4v) is 4.44. The van der Waals surface area contributed by atoms with Gasteiger partial charge < -0.3 is 20.3 Å². The monoisotopic (exact) mass is 511 g/mol. The standard InChI is InChI=1S/C31H33N3O4/c1-2-3-19-27(30(36)38-22-24-15-9-5-10-16-24)34-26(21-20-23-13-7-4-8-14-23)28(29(34)35)33-31(37)32-25-17-11-6-12-18-25/h4-18,20-21,26-28H,2-3,19,22H2,1H3,(H2,32,33,37). The molecule has 4 rings (SSSR count). The number of rotatable bonds is 11. The first-order valence-electron chi connectivity index (χ1n) is 13.0. The van der Waals surface area contributed by atoms with Crippen molar-refractivity contribution in [3.63, 3.8) is 0 Å². The van der Waals surface area contributed by atoms with E-state index in [0.29, 0.717) is 12.1 Å². The minimum Gasteiger partial charge on any atom is -0.459 e. The number of anilines is 1. The molecular formula is C31H33N3O4. The lowest BCUT2D eigenvalue weighted by Gasteiger charge is -2.49. The van der Waals surface area contributed by atoms with Gasteiger partial charge in [-0.15, -0.1) is 0 Å². The molecule has 0 radical (unpaired) electrons. The first-order valence-corrected chi connectivity index (χ1v) is 13.0. The van der Waals surface area contributed by atoms with Crippen molar-refractivity contribution in [2.75, 3.05) is 5.32 Å². The summed E-state index contributed by atoms with van der Waals surface area (Å²) in [6.07, 6.45) is 5.88. The third-order valence-electron chi connectivity index (χ3n) is 6.45. The number of urea groups is 1. The van der Waals surface area contributed by atoms with Crippen LogP contribution in [0.1, 0.15) is 37.3 Å². The second-order valence-corrected chi connectivity index (χ2v) is 9.20. The number of amides is 3. The van der Waals surface area contributed by atoms with Crippen molar-refractivity contribution in [3.05, 3.63) is 108 Å². The number of nitrogens with zero attached hydrogens (tertiary/aromatic N) is 1. The van der Waals surface area contributed by atoms with Crippen LogP contribution in [0.3, 0.4) is 0 Å². The Bertz CT molecular complexity index is 1230. The number of benzene rings is 3.